The third-order valence-corrected chi connectivity index (χ3v) is 4.42. The Bertz CT molecular complexity index is 855. The number of hydrogen-bond donors (Lipinski definition) is 1. The molecule has 3 aromatic carbocycles. The predicted molar refractivity (Wildman–Crippen MR) is 102 cm³/mol. The van der Waals surface area contributed by atoms with Gasteiger partial charge in [-0.05, 0) is 29.8 Å². The van der Waals surface area contributed by atoms with Crippen molar-refractivity contribution < 1.29 is 0 Å². The van der Waals surface area contributed by atoms with E-state index in [9.17, 15) is 0 Å². The van der Waals surface area contributed by atoms with E-state index >= 15 is 0 Å². The molecular weight excluding hydrogens is 316 g/mol. The molecule has 3 heteroatoms. The van der Waals surface area contributed by atoms with Crippen molar-refractivity contribution in [2.75, 3.05) is 11.6 Å². The standard InChI is InChI=1S/C21H17ClN2/c22-18-11-13-19(14-12-18)24-15-23-20(16-7-3-1-4-8-16)21(24)17-9-5-2-6-10-17/h1-14,23H,15H2. The number of benzene rings is 3. The van der Waals surface area contributed by atoms with E-state index in [4.69, 9.17) is 11.6 Å². The fraction of sp³-hybridized carbons (Fsp3) is 0.0476. The van der Waals surface area contributed by atoms with Crippen LogP contribution in [0.1, 0.15) is 11.1 Å². The minimum Gasteiger partial charge on any atom is -0.365 e. The van der Waals surface area contributed by atoms with Crippen LogP contribution in [0.5, 0.6) is 0 Å². The third-order valence-electron chi connectivity index (χ3n) is 4.17. The van der Waals surface area contributed by atoms with Crippen molar-refractivity contribution in [3.63, 3.8) is 0 Å². The van der Waals surface area contributed by atoms with Crippen LogP contribution in [0.15, 0.2) is 84.9 Å². The summed E-state index contributed by atoms with van der Waals surface area (Å²) in [5.41, 5.74) is 5.83. The van der Waals surface area contributed by atoms with E-state index in [1.807, 2.05) is 24.3 Å². The zero-order valence-electron chi connectivity index (χ0n) is 13.1. The first-order chi connectivity index (χ1) is 11.8. The molecule has 118 valence electrons. The smallest absolute Gasteiger partial charge is 0.0927 e. The van der Waals surface area contributed by atoms with Gasteiger partial charge in [-0.1, -0.05) is 72.3 Å². The van der Waals surface area contributed by atoms with Crippen molar-refractivity contribution in [1.29, 1.82) is 0 Å². The van der Waals surface area contributed by atoms with Crippen LogP contribution < -0.4 is 10.2 Å². The highest BCUT2D eigenvalue weighted by Gasteiger charge is 2.25. The Labute approximate surface area is 147 Å². The van der Waals surface area contributed by atoms with Gasteiger partial charge in [-0.3, -0.25) is 0 Å². The molecule has 0 amide bonds. The second kappa shape index (κ2) is 6.42. The van der Waals surface area contributed by atoms with Gasteiger partial charge in [-0.2, -0.15) is 0 Å². The van der Waals surface area contributed by atoms with Crippen molar-refractivity contribution in [2.24, 2.45) is 0 Å². The van der Waals surface area contributed by atoms with Gasteiger partial charge in [-0.25, -0.2) is 0 Å². The molecule has 3 aromatic rings. The molecule has 1 aliphatic heterocycles. The average Bonchev–Trinajstić information content (AvgIpc) is 3.09. The maximum Gasteiger partial charge on any atom is 0.0927 e. The van der Waals surface area contributed by atoms with Crippen LogP contribution in [0.4, 0.5) is 5.69 Å². The summed E-state index contributed by atoms with van der Waals surface area (Å²) in [5, 5.41) is 4.31. The van der Waals surface area contributed by atoms with Gasteiger partial charge in [-0.15, -0.1) is 0 Å². The fourth-order valence-corrected chi connectivity index (χ4v) is 3.16. The molecule has 0 aromatic heterocycles. The third kappa shape index (κ3) is 2.77. The van der Waals surface area contributed by atoms with Gasteiger partial charge >= 0.3 is 0 Å². The second-order valence-electron chi connectivity index (χ2n) is 5.69. The maximum absolute atomic E-state index is 6.05. The Morgan fingerprint density at radius 3 is 1.92 bits per heavy atom. The average molecular weight is 333 g/mol. The molecule has 4 rings (SSSR count). The van der Waals surface area contributed by atoms with Gasteiger partial charge in [0.05, 0.1) is 18.1 Å². The molecule has 1 heterocycles. The van der Waals surface area contributed by atoms with E-state index in [1.54, 1.807) is 0 Å². The Balaban J connectivity index is 1.86. The van der Waals surface area contributed by atoms with E-state index in [1.165, 1.54) is 16.8 Å². The topological polar surface area (TPSA) is 15.3 Å². The summed E-state index contributed by atoms with van der Waals surface area (Å²) in [7, 11) is 0. The molecule has 1 N–H and O–H groups in total. The molecule has 0 spiro atoms. The van der Waals surface area contributed by atoms with Crippen LogP contribution in [0.2, 0.25) is 5.02 Å². The number of anilines is 1. The lowest BCUT2D eigenvalue weighted by molar-refractivity contribution is 0.915. The molecule has 24 heavy (non-hydrogen) atoms. The lowest BCUT2D eigenvalue weighted by Crippen LogP contribution is -2.22. The molecule has 0 bridgehead atoms. The van der Waals surface area contributed by atoms with Crippen LogP contribution in [0.25, 0.3) is 11.4 Å². The maximum atomic E-state index is 6.05. The van der Waals surface area contributed by atoms with E-state index < -0.39 is 0 Å². The summed E-state index contributed by atoms with van der Waals surface area (Å²) in [4.78, 5) is 2.29. The quantitative estimate of drug-likeness (QED) is 0.706. The van der Waals surface area contributed by atoms with Crippen molar-refractivity contribution >= 4 is 28.7 Å². The summed E-state index contributed by atoms with van der Waals surface area (Å²) in [6, 6.07) is 28.9. The van der Waals surface area contributed by atoms with Gasteiger partial charge in [0.15, 0.2) is 0 Å². The molecule has 0 unspecified atom stereocenters. The summed E-state index contributed by atoms with van der Waals surface area (Å²) < 4.78 is 0. The van der Waals surface area contributed by atoms with Crippen LogP contribution in [0, 0.1) is 0 Å². The van der Waals surface area contributed by atoms with Crippen molar-refractivity contribution in [3.05, 3.63) is 101 Å². The lowest BCUT2D eigenvalue weighted by atomic mass is 10.0. The summed E-state index contributed by atoms with van der Waals surface area (Å²) in [5.74, 6) is 0. The first-order valence-corrected chi connectivity index (χ1v) is 8.33. The second-order valence-corrected chi connectivity index (χ2v) is 6.13. The molecule has 2 nitrogen and oxygen atoms in total. The number of halogens is 1. The number of hydrogen-bond acceptors (Lipinski definition) is 2. The first-order valence-electron chi connectivity index (χ1n) is 7.95. The highest BCUT2D eigenvalue weighted by molar-refractivity contribution is 6.30. The molecular formula is C21H17ClN2. The van der Waals surface area contributed by atoms with Crippen molar-refractivity contribution in [1.82, 2.24) is 5.32 Å². The fourth-order valence-electron chi connectivity index (χ4n) is 3.04. The Hall–Kier alpha value is -2.71. The first kappa shape index (κ1) is 14.9. The van der Waals surface area contributed by atoms with Crippen molar-refractivity contribution in [3.8, 4) is 0 Å². The number of rotatable bonds is 3. The molecule has 0 atom stereocenters. The zero-order valence-corrected chi connectivity index (χ0v) is 13.9. The van der Waals surface area contributed by atoms with E-state index in [-0.39, 0.29) is 0 Å². The van der Waals surface area contributed by atoms with Crippen LogP contribution in [-0.2, 0) is 0 Å². The Kier molecular flexibility index (Phi) is 3.97. The van der Waals surface area contributed by atoms with E-state index in [0.29, 0.717) is 0 Å². The highest BCUT2D eigenvalue weighted by Crippen LogP contribution is 2.35. The highest BCUT2D eigenvalue weighted by atomic mass is 35.5. The Morgan fingerprint density at radius 1 is 0.708 bits per heavy atom. The molecule has 0 saturated carbocycles. The number of nitrogens with zero attached hydrogens (tertiary/aromatic N) is 1. The Morgan fingerprint density at radius 2 is 1.29 bits per heavy atom. The van der Waals surface area contributed by atoms with Gasteiger partial charge in [0, 0.05) is 16.3 Å². The molecule has 0 fully saturated rings. The summed E-state index contributed by atoms with van der Waals surface area (Å²) in [6.45, 7) is 0.732. The largest absolute Gasteiger partial charge is 0.365 e. The summed E-state index contributed by atoms with van der Waals surface area (Å²) in [6.07, 6.45) is 0. The number of nitrogens with one attached hydrogen (secondary N) is 1. The van der Waals surface area contributed by atoms with Crippen LogP contribution in [0.3, 0.4) is 0 Å². The van der Waals surface area contributed by atoms with Crippen molar-refractivity contribution in [2.45, 2.75) is 0 Å². The zero-order chi connectivity index (χ0) is 16.4. The normalized spacial score (nSPS) is 14.0. The molecule has 0 radical (unpaired) electrons. The monoisotopic (exact) mass is 332 g/mol. The molecule has 1 aliphatic rings. The SMILES string of the molecule is Clc1ccc(N2CNC(c3ccccc3)=C2c2ccccc2)cc1. The van der Waals surface area contributed by atoms with Crippen LogP contribution >= 0.6 is 11.6 Å². The molecule has 0 saturated heterocycles. The minimum absolute atomic E-state index is 0.732. The van der Waals surface area contributed by atoms with Gasteiger partial charge in [0.2, 0.25) is 0 Å². The molecule has 0 aliphatic carbocycles. The van der Waals surface area contributed by atoms with Gasteiger partial charge < -0.3 is 10.2 Å². The van der Waals surface area contributed by atoms with E-state index in [2.05, 4.69) is 70.9 Å². The predicted octanol–water partition coefficient (Wildman–Crippen LogP) is 5.23. The lowest BCUT2D eigenvalue weighted by Gasteiger charge is -2.22. The van der Waals surface area contributed by atoms with Gasteiger partial charge in [0.25, 0.3) is 0 Å². The van der Waals surface area contributed by atoms with Gasteiger partial charge in [0.1, 0.15) is 0 Å². The summed E-state index contributed by atoms with van der Waals surface area (Å²) >= 11 is 6.05. The van der Waals surface area contributed by atoms with Crippen LogP contribution in [-0.4, -0.2) is 6.67 Å². The minimum atomic E-state index is 0.732. The van der Waals surface area contributed by atoms with E-state index in [0.717, 1.165) is 23.1 Å².